The molecular weight excluding hydrogens is 1110 g/mol. The molecule has 17 unspecified atom stereocenters. The van der Waals surface area contributed by atoms with Crippen LogP contribution in [0.5, 0.6) is 0 Å². The van der Waals surface area contributed by atoms with Gasteiger partial charge in [-0.1, -0.05) is 230 Å². The van der Waals surface area contributed by atoms with Crippen LogP contribution in [-0.2, 0) is 33.2 Å². The molecule has 12 N–H and O–H groups in total. The van der Waals surface area contributed by atoms with E-state index in [9.17, 15) is 61.0 Å². The van der Waals surface area contributed by atoms with Crippen LogP contribution in [0.15, 0.2) is 36.5 Å². The van der Waals surface area contributed by atoms with Crippen molar-refractivity contribution in [3.05, 3.63) is 36.5 Å². The maximum absolute atomic E-state index is 13.3. The number of rotatable bonds is 52. The molecule has 504 valence electrons. The van der Waals surface area contributed by atoms with E-state index in [1.54, 1.807) is 6.08 Å². The normalized spacial score (nSPS) is 29.0. The van der Waals surface area contributed by atoms with Gasteiger partial charge in [-0.05, 0) is 51.4 Å². The van der Waals surface area contributed by atoms with Gasteiger partial charge >= 0.3 is 0 Å². The van der Waals surface area contributed by atoms with Crippen molar-refractivity contribution in [3.63, 3.8) is 0 Å². The van der Waals surface area contributed by atoms with Crippen LogP contribution in [-0.4, -0.2) is 193 Å². The SMILES string of the molecule is CCCCCCC/C=C\C/C=C\CCCCCCCCCCCCCCCCCCCCCC(=O)NC(COC1OC(CO)C(OC2OC(CO)C(OC3OC(CO)C(O)C(O)C3O)C(O)C2O)C(O)C1O)C(O)/C=C/CCCCCCCCCC. The van der Waals surface area contributed by atoms with Gasteiger partial charge in [-0.25, -0.2) is 0 Å². The molecule has 0 bridgehead atoms. The second-order valence-electron chi connectivity index (χ2n) is 24.6. The second kappa shape index (κ2) is 49.7. The van der Waals surface area contributed by atoms with Crippen molar-refractivity contribution in [3.8, 4) is 0 Å². The zero-order valence-corrected chi connectivity index (χ0v) is 53.0. The molecule has 19 heteroatoms. The molecule has 0 aromatic heterocycles. The maximum atomic E-state index is 13.3. The summed E-state index contributed by atoms with van der Waals surface area (Å²) in [5.74, 6) is -0.275. The summed E-state index contributed by atoms with van der Waals surface area (Å²) in [5, 5.41) is 120. The fraction of sp³-hybridized carbons (Fsp3) is 0.896. The first-order valence-corrected chi connectivity index (χ1v) is 34.2. The Bertz CT molecular complexity index is 1710. The molecule has 0 saturated carbocycles. The Balaban J connectivity index is 1.35. The van der Waals surface area contributed by atoms with Gasteiger partial charge in [-0.15, -0.1) is 0 Å². The van der Waals surface area contributed by atoms with Crippen LogP contribution in [0, 0.1) is 0 Å². The maximum Gasteiger partial charge on any atom is 0.220 e. The number of aliphatic hydroxyl groups excluding tert-OH is 11. The van der Waals surface area contributed by atoms with E-state index in [0.717, 1.165) is 51.4 Å². The molecule has 17 atom stereocenters. The van der Waals surface area contributed by atoms with E-state index in [1.807, 2.05) is 6.08 Å². The van der Waals surface area contributed by atoms with E-state index >= 15 is 0 Å². The number of allylic oxidation sites excluding steroid dienone is 5. The standard InChI is InChI=1S/C67H123NO18/c1-3-5-7-9-11-13-15-16-17-18-19-20-21-22-23-24-25-26-27-28-29-30-31-32-33-34-35-37-39-41-43-45-55(73)68-50(51(72)44-42-40-38-36-14-12-10-8-6-4-2)49-81-65-61(79)58(76)63(53(47-70)83-65)86-67-62(80)59(77)64(54(48-71)84-67)85-66-60(78)57(75)56(74)52(46-69)82-66/h15-16,18-19,42,44,50-54,56-67,69-72,74-80H,3-14,17,20-41,43,45-49H2,1-2H3,(H,68,73)/b16-15-,19-18-,44-42+. The highest BCUT2D eigenvalue weighted by Gasteiger charge is 2.53. The summed E-state index contributed by atoms with van der Waals surface area (Å²) in [5.41, 5.74) is 0. The van der Waals surface area contributed by atoms with Crippen LogP contribution in [0.4, 0.5) is 0 Å². The first-order valence-electron chi connectivity index (χ1n) is 34.2. The molecule has 3 rings (SSSR count). The molecule has 0 spiro atoms. The third-order valence-electron chi connectivity index (χ3n) is 17.2. The lowest BCUT2D eigenvalue weighted by Crippen LogP contribution is -2.66. The van der Waals surface area contributed by atoms with Gasteiger partial charge in [-0.2, -0.15) is 0 Å². The summed E-state index contributed by atoms with van der Waals surface area (Å²) < 4.78 is 34.3. The third kappa shape index (κ3) is 31.8. The van der Waals surface area contributed by atoms with E-state index in [1.165, 1.54) is 173 Å². The monoisotopic (exact) mass is 1230 g/mol. The van der Waals surface area contributed by atoms with Crippen molar-refractivity contribution >= 4 is 5.91 Å². The molecule has 0 aromatic rings. The van der Waals surface area contributed by atoms with Gasteiger partial charge in [-0.3, -0.25) is 4.79 Å². The first-order chi connectivity index (χ1) is 41.8. The summed E-state index contributed by atoms with van der Waals surface area (Å²) in [6.07, 6.45) is 30.2. The first kappa shape index (κ1) is 78.3. The lowest BCUT2D eigenvalue weighted by Gasteiger charge is -2.48. The van der Waals surface area contributed by atoms with Crippen molar-refractivity contribution in [1.29, 1.82) is 0 Å². The largest absolute Gasteiger partial charge is 0.394 e. The van der Waals surface area contributed by atoms with Gasteiger partial charge in [0.25, 0.3) is 0 Å². The highest BCUT2D eigenvalue weighted by molar-refractivity contribution is 5.76. The van der Waals surface area contributed by atoms with Crippen molar-refractivity contribution < 1.29 is 89.4 Å². The van der Waals surface area contributed by atoms with Gasteiger partial charge in [0.05, 0.1) is 38.6 Å². The molecule has 3 saturated heterocycles. The van der Waals surface area contributed by atoms with E-state index in [4.69, 9.17) is 28.4 Å². The summed E-state index contributed by atoms with van der Waals surface area (Å²) in [7, 11) is 0. The smallest absolute Gasteiger partial charge is 0.220 e. The Labute approximate surface area is 517 Å². The molecule has 1 amide bonds. The number of hydrogen-bond donors (Lipinski definition) is 12. The molecule has 86 heavy (non-hydrogen) atoms. The van der Waals surface area contributed by atoms with Crippen LogP contribution < -0.4 is 5.32 Å². The van der Waals surface area contributed by atoms with E-state index in [-0.39, 0.29) is 18.9 Å². The highest BCUT2D eigenvalue weighted by atomic mass is 16.8. The quantitative estimate of drug-likeness (QED) is 0.0201. The molecule has 3 aliphatic heterocycles. The zero-order chi connectivity index (χ0) is 62.6. The van der Waals surface area contributed by atoms with Crippen LogP contribution in [0.25, 0.3) is 0 Å². The average molecular weight is 1230 g/mol. The van der Waals surface area contributed by atoms with Gasteiger partial charge in [0.1, 0.15) is 73.2 Å². The summed E-state index contributed by atoms with van der Waals surface area (Å²) in [4.78, 5) is 13.3. The number of ether oxygens (including phenoxy) is 6. The predicted molar refractivity (Wildman–Crippen MR) is 333 cm³/mol. The molecule has 0 aromatic carbocycles. The molecule has 0 aliphatic carbocycles. The van der Waals surface area contributed by atoms with Crippen molar-refractivity contribution in [1.82, 2.24) is 5.32 Å². The summed E-state index contributed by atoms with van der Waals surface area (Å²) >= 11 is 0. The summed E-state index contributed by atoms with van der Waals surface area (Å²) in [6, 6.07) is -0.969. The molecule has 0 radical (unpaired) electrons. The van der Waals surface area contributed by atoms with Gasteiger partial charge in [0.15, 0.2) is 18.9 Å². The molecule has 3 aliphatic rings. The van der Waals surface area contributed by atoms with Gasteiger partial charge in [0.2, 0.25) is 5.91 Å². The fourth-order valence-electron chi connectivity index (χ4n) is 11.6. The number of unbranched alkanes of at least 4 members (excludes halogenated alkanes) is 32. The minimum atomic E-state index is -1.98. The Morgan fingerprint density at radius 1 is 0.419 bits per heavy atom. The minimum Gasteiger partial charge on any atom is -0.394 e. The lowest BCUT2D eigenvalue weighted by molar-refractivity contribution is -0.379. The van der Waals surface area contributed by atoms with E-state index in [0.29, 0.717) is 6.42 Å². The number of aliphatic hydroxyl groups is 11. The minimum absolute atomic E-state index is 0.246. The van der Waals surface area contributed by atoms with Gasteiger partial charge < -0.3 is 89.9 Å². The van der Waals surface area contributed by atoms with E-state index in [2.05, 4.69) is 43.5 Å². The zero-order valence-electron chi connectivity index (χ0n) is 53.0. The Morgan fingerprint density at radius 3 is 1.19 bits per heavy atom. The Hall–Kier alpha value is -1.99. The Kier molecular flexibility index (Phi) is 45.2. The van der Waals surface area contributed by atoms with Crippen LogP contribution in [0.1, 0.15) is 251 Å². The third-order valence-corrected chi connectivity index (χ3v) is 17.2. The van der Waals surface area contributed by atoms with Crippen molar-refractivity contribution in [2.45, 2.75) is 356 Å². The molecule has 19 nitrogen and oxygen atoms in total. The van der Waals surface area contributed by atoms with E-state index < -0.39 is 124 Å². The number of carbonyl (C=O) groups excluding carboxylic acids is 1. The average Bonchev–Trinajstić information content (AvgIpc) is 1.89. The van der Waals surface area contributed by atoms with Crippen LogP contribution >= 0.6 is 0 Å². The van der Waals surface area contributed by atoms with Crippen LogP contribution in [0.2, 0.25) is 0 Å². The summed E-state index contributed by atoms with van der Waals surface area (Å²) in [6.45, 7) is 1.70. The number of nitrogens with one attached hydrogen (secondary N) is 1. The lowest BCUT2D eigenvalue weighted by atomic mass is 9.96. The second-order valence-corrected chi connectivity index (χ2v) is 24.6. The fourth-order valence-corrected chi connectivity index (χ4v) is 11.6. The van der Waals surface area contributed by atoms with Crippen molar-refractivity contribution in [2.75, 3.05) is 26.4 Å². The van der Waals surface area contributed by atoms with Gasteiger partial charge in [0, 0.05) is 6.42 Å². The molecule has 3 heterocycles. The number of carbonyl (C=O) groups is 1. The van der Waals surface area contributed by atoms with Crippen LogP contribution in [0.3, 0.4) is 0 Å². The topological polar surface area (TPSA) is 307 Å². The highest BCUT2D eigenvalue weighted by Crippen LogP contribution is 2.33. The predicted octanol–water partition coefficient (Wildman–Crippen LogP) is 8.44. The van der Waals surface area contributed by atoms with Crippen molar-refractivity contribution in [2.24, 2.45) is 0 Å². The number of hydrogen-bond acceptors (Lipinski definition) is 18. The Morgan fingerprint density at radius 2 is 0.767 bits per heavy atom. The number of amides is 1. The molecule has 3 fully saturated rings. The molecular formula is C67H123NO18.